The predicted molar refractivity (Wildman–Crippen MR) is 165 cm³/mol. The van der Waals surface area contributed by atoms with Gasteiger partial charge in [0, 0.05) is 5.92 Å². The zero-order chi connectivity index (χ0) is 47.5. The average Bonchev–Trinajstić information content (AvgIpc) is 3.24. The Bertz CT molecular complexity index is 3230. The predicted octanol–water partition coefficient (Wildman–Crippen LogP) is 10.5. The van der Waals surface area contributed by atoms with Gasteiger partial charge in [0.1, 0.15) is 0 Å². The molecule has 0 radical (unpaired) electrons. The maximum absolute atomic E-state index is 9.55. The first-order chi connectivity index (χ1) is 29.8. The van der Waals surface area contributed by atoms with Crippen LogP contribution in [-0.2, 0) is 0 Å². The third-order valence-electron chi connectivity index (χ3n) is 6.30. The molecule has 0 aromatic heterocycles. The van der Waals surface area contributed by atoms with Gasteiger partial charge in [0.2, 0.25) is 0 Å². The summed E-state index contributed by atoms with van der Waals surface area (Å²) in [6.07, 6.45) is 0. The monoisotopic (exact) mass is 519 g/mol. The Morgan fingerprint density at radius 3 is 1.36 bits per heavy atom. The molecule has 182 valence electrons. The topological polar surface area (TPSA) is 0 Å². The van der Waals surface area contributed by atoms with E-state index < -0.39 is 206 Å². The van der Waals surface area contributed by atoms with Crippen molar-refractivity contribution < 1.29 is 34.3 Å². The van der Waals surface area contributed by atoms with E-state index in [-0.39, 0.29) is 22.3 Å². The summed E-state index contributed by atoms with van der Waals surface area (Å²) in [5.74, 6) is -2.12. The second-order valence-electron chi connectivity index (χ2n) is 8.55. The molecule has 1 aliphatic carbocycles. The van der Waals surface area contributed by atoms with Crippen molar-refractivity contribution in [3.8, 4) is 33.4 Å². The fourth-order valence-electron chi connectivity index (χ4n) is 4.52. The van der Waals surface area contributed by atoms with Crippen molar-refractivity contribution in [2.24, 2.45) is 0 Å². The molecule has 0 saturated heterocycles. The summed E-state index contributed by atoms with van der Waals surface area (Å²) in [6, 6.07) is -20.6. The van der Waals surface area contributed by atoms with Gasteiger partial charge in [0.15, 0.2) is 0 Å². The van der Waals surface area contributed by atoms with Crippen LogP contribution in [0.3, 0.4) is 0 Å². The largest absolute Gasteiger partial charge is 0.0636 e. The van der Waals surface area contributed by atoms with E-state index in [4.69, 9.17) is 24.7 Å². The summed E-state index contributed by atoms with van der Waals surface area (Å²) in [4.78, 5) is 0. The Morgan fingerprint density at radius 1 is 0.333 bits per heavy atom. The average molecular weight is 520 g/mol. The molecule has 39 heavy (non-hydrogen) atoms. The highest BCUT2D eigenvalue weighted by Crippen LogP contribution is 2.50. The van der Waals surface area contributed by atoms with Crippen LogP contribution in [0, 0.1) is 0 Å². The zero-order valence-corrected chi connectivity index (χ0v) is 19.6. The quantitative estimate of drug-likeness (QED) is 0.203. The molecule has 7 aromatic carbocycles. The molecule has 0 amide bonds. The van der Waals surface area contributed by atoms with Gasteiger partial charge < -0.3 is 0 Å². The number of benzene rings is 7. The van der Waals surface area contributed by atoms with Crippen LogP contribution in [0.5, 0.6) is 0 Å². The van der Waals surface area contributed by atoms with Crippen LogP contribution >= 0.6 is 0 Å². The van der Waals surface area contributed by atoms with Crippen molar-refractivity contribution in [2.45, 2.75) is 5.92 Å². The van der Waals surface area contributed by atoms with E-state index in [2.05, 4.69) is 0 Å². The first-order valence-electron chi connectivity index (χ1n) is 24.1. The van der Waals surface area contributed by atoms with E-state index in [1.54, 1.807) is 0 Å². The molecule has 0 atom stereocenters. The van der Waals surface area contributed by atoms with Crippen molar-refractivity contribution in [2.75, 3.05) is 0 Å². The molecule has 0 heteroatoms. The lowest BCUT2D eigenvalue weighted by Crippen LogP contribution is -2.04. The highest BCUT2D eigenvalue weighted by molar-refractivity contribution is 6.12. The minimum Gasteiger partial charge on any atom is -0.0622 e. The lowest BCUT2D eigenvalue weighted by molar-refractivity contribution is 0.980. The van der Waals surface area contributed by atoms with Crippen molar-refractivity contribution >= 4 is 21.5 Å². The Balaban J connectivity index is 1.50. The van der Waals surface area contributed by atoms with Crippen LogP contribution in [-0.4, -0.2) is 0 Å². The summed E-state index contributed by atoms with van der Waals surface area (Å²) in [5, 5.41) is -2.03. The van der Waals surface area contributed by atoms with Crippen molar-refractivity contribution in [1.29, 1.82) is 0 Å². The molecular formula is C39H26. The summed E-state index contributed by atoms with van der Waals surface area (Å²) in [5.41, 5.74) is -4.35. The number of hydrogen-bond acceptors (Lipinski definition) is 0. The molecule has 0 bridgehead atoms. The lowest BCUT2D eigenvalue weighted by atomic mass is 9.77. The molecule has 0 nitrogen and oxygen atoms in total. The smallest absolute Gasteiger partial charge is 0.0622 e. The summed E-state index contributed by atoms with van der Waals surface area (Å²) in [7, 11) is 0. The minimum atomic E-state index is -2.12. The second kappa shape index (κ2) is 8.82. The third-order valence-corrected chi connectivity index (χ3v) is 6.30. The number of rotatable bonds is 4. The maximum Gasteiger partial charge on any atom is 0.0636 e. The number of fused-ring (bicyclic) bond motifs is 6. The standard InChI is InChI=1S/C39H26/c1-4-10-26(11-5-1)29-16-17-30-22-35-37(24-33(30)20-29)36-23-31-18-19-32(21-34(31)25-38(35)36)39(27-12-6-2-7-13-27)28-14-8-3-9-15-28/h1-25,39H/i1D,2D,3D,4D,5D,6D,7D,8D,9D,10D,11D,12D,13D,14D,15D,16D,17D,18D,19D,20D,21D,22D,23D,24D,25D. The highest BCUT2D eigenvalue weighted by Gasteiger charge is 2.24. The van der Waals surface area contributed by atoms with Crippen LogP contribution in [0.25, 0.3) is 54.9 Å². The summed E-state index contributed by atoms with van der Waals surface area (Å²) >= 11 is 0. The van der Waals surface area contributed by atoms with Gasteiger partial charge in [-0.1, -0.05) is 121 Å². The number of hydrogen-bond donors (Lipinski definition) is 0. The van der Waals surface area contributed by atoms with Crippen LogP contribution in [0.2, 0.25) is 0 Å². The highest BCUT2D eigenvalue weighted by atomic mass is 14.3. The van der Waals surface area contributed by atoms with E-state index in [1.807, 2.05) is 0 Å². The van der Waals surface area contributed by atoms with Gasteiger partial charge in [-0.2, -0.15) is 0 Å². The fourth-order valence-corrected chi connectivity index (χ4v) is 4.52. The van der Waals surface area contributed by atoms with Gasteiger partial charge >= 0.3 is 0 Å². The molecular weight excluding hydrogens is 468 g/mol. The molecule has 7 aromatic rings. The molecule has 0 N–H and O–H groups in total. The molecule has 0 saturated carbocycles. The van der Waals surface area contributed by atoms with Crippen molar-refractivity contribution in [3.63, 3.8) is 0 Å². The maximum atomic E-state index is 9.55. The van der Waals surface area contributed by atoms with Crippen LogP contribution < -0.4 is 0 Å². The SMILES string of the molecule is [2H]c1c([2H])c([2H])c(-c2c([2H])c([2H])c3c([2H])c4c(c([2H])c3c2[2H])-c2c-4c([2H])c3c([2H])c(C(c4c([2H])c([2H])c([2H])c([2H])c4[2H])c4c([2H])c([2H])c([2H])c([2H])c4[2H])c([2H])c([2H])c3c2[2H])c([2H])c1[2H]. The van der Waals surface area contributed by atoms with Crippen LogP contribution in [0.15, 0.2) is 151 Å². The lowest BCUT2D eigenvalue weighted by Gasteiger charge is -2.26. The van der Waals surface area contributed by atoms with Gasteiger partial charge in [-0.05, 0) is 102 Å². The molecule has 8 rings (SSSR count). The Hall–Kier alpha value is -4.94. The molecule has 0 spiro atoms. The van der Waals surface area contributed by atoms with Gasteiger partial charge in [-0.15, -0.1) is 0 Å². The van der Waals surface area contributed by atoms with E-state index >= 15 is 0 Å². The van der Waals surface area contributed by atoms with Gasteiger partial charge in [-0.25, -0.2) is 0 Å². The first kappa shape index (κ1) is 8.53. The zero-order valence-electron chi connectivity index (χ0n) is 44.6. The Kier molecular flexibility index (Phi) is 1.93. The Labute approximate surface area is 264 Å². The Morgan fingerprint density at radius 2 is 0.795 bits per heavy atom. The third kappa shape index (κ3) is 3.68. The summed E-state index contributed by atoms with van der Waals surface area (Å²) in [6.45, 7) is 0. The van der Waals surface area contributed by atoms with E-state index in [1.165, 1.54) is 0 Å². The van der Waals surface area contributed by atoms with Crippen molar-refractivity contribution in [3.05, 3.63) is 168 Å². The van der Waals surface area contributed by atoms with E-state index in [0.717, 1.165) is 0 Å². The van der Waals surface area contributed by atoms with Gasteiger partial charge in [0.25, 0.3) is 0 Å². The van der Waals surface area contributed by atoms with Crippen LogP contribution in [0.1, 0.15) is 56.9 Å². The molecule has 0 heterocycles. The molecule has 0 fully saturated rings. The van der Waals surface area contributed by atoms with Crippen molar-refractivity contribution in [1.82, 2.24) is 0 Å². The van der Waals surface area contributed by atoms with E-state index in [9.17, 15) is 9.60 Å². The molecule has 0 aliphatic heterocycles. The fraction of sp³-hybridized carbons (Fsp3) is 0.0256. The first-order valence-corrected chi connectivity index (χ1v) is 11.6. The molecule has 1 aliphatic rings. The minimum absolute atomic E-state index is 0.233. The van der Waals surface area contributed by atoms with Gasteiger partial charge in [0.05, 0.1) is 34.3 Å². The molecule has 0 unspecified atom stereocenters. The van der Waals surface area contributed by atoms with Crippen LogP contribution in [0.4, 0.5) is 0 Å². The summed E-state index contributed by atoms with van der Waals surface area (Å²) < 4.78 is 219. The van der Waals surface area contributed by atoms with Gasteiger partial charge in [-0.3, -0.25) is 0 Å². The second-order valence-corrected chi connectivity index (χ2v) is 8.55. The normalized spacial score (nSPS) is 20.8. The van der Waals surface area contributed by atoms with E-state index in [0.29, 0.717) is 0 Å².